The average molecular weight is 264 g/mol. The van der Waals surface area contributed by atoms with Gasteiger partial charge in [-0.25, -0.2) is 9.97 Å². The molecule has 0 radical (unpaired) electrons. The first-order valence-electron chi connectivity index (χ1n) is 7.14. The number of methoxy groups -OCH3 is 1. The van der Waals surface area contributed by atoms with Crippen molar-refractivity contribution in [1.29, 1.82) is 0 Å². The summed E-state index contributed by atoms with van der Waals surface area (Å²) in [7, 11) is 1.66. The molecule has 1 saturated carbocycles. The van der Waals surface area contributed by atoms with E-state index in [-0.39, 0.29) is 0 Å². The quantitative estimate of drug-likeness (QED) is 0.856. The second kappa shape index (κ2) is 6.59. The van der Waals surface area contributed by atoms with E-state index in [1.165, 1.54) is 25.7 Å². The van der Waals surface area contributed by atoms with Crippen LogP contribution < -0.4 is 15.4 Å². The largest absolute Gasteiger partial charge is 0.490 e. The molecule has 106 valence electrons. The number of aromatic nitrogens is 2. The molecule has 1 fully saturated rings. The first kappa shape index (κ1) is 13.9. The molecular weight excluding hydrogens is 240 g/mol. The van der Waals surface area contributed by atoms with Crippen LogP contribution in [0.5, 0.6) is 5.75 Å². The Labute approximate surface area is 115 Å². The molecule has 2 N–H and O–H groups in total. The molecule has 0 spiro atoms. The summed E-state index contributed by atoms with van der Waals surface area (Å²) in [6.07, 6.45) is 6.54. The number of rotatable bonds is 5. The van der Waals surface area contributed by atoms with Crippen LogP contribution in [0.25, 0.3) is 0 Å². The first-order valence-corrected chi connectivity index (χ1v) is 7.14. The standard InChI is InChI=1S/C14H24N4O/c1-4-15-13-12(19-3)14(17-9-16-13)18-11-7-5-10(2)6-8-11/h9-11H,4-8H2,1-3H3,(H2,15,16,17,18). The van der Waals surface area contributed by atoms with Crippen molar-refractivity contribution in [3.63, 3.8) is 0 Å². The average Bonchev–Trinajstić information content (AvgIpc) is 2.42. The van der Waals surface area contributed by atoms with Crippen molar-refractivity contribution in [2.24, 2.45) is 5.92 Å². The number of hydrogen-bond acceptors (Lipinski definition) is 5. The molecule has 1 aromatic heterocycles. The lowest BCUT2D eigenvalue weighted by atomic mass is 9.87. The van der Waals surface area contributed by atoms with Gasteiger partial charge in [-0.05, 0) is 38.5 Å². The van der Waals surface area contributed by atoms with Crippen LogP contribution >= 0.6 is 0 Å². The Hall–Kier alpha value is -1.52. The Morgan fingerprint density at radius 3 is 2.53 bits per heavy atom. The summed E-state index contributed by atoms with van der Waals surface area (Å²) in [5, 5.41) is 6.70. The van der Waals surface area contributed by atoms with Gasteiger partial charge in [-0.1, -0.05) is 6.92 Å². The van der Waals surface area contributed by atoms with Gasteiger partial charge in [-0.3, -0.25) is 0 Å². The van der Waals surface area contributed by atoms with E-state index >= 15 is 0 Å². The van der Waals surface area contributed by atoms with Crippen molar-refractivity contribution in [1.82, 2.24) is 9.97 Å². The molecule has 0 aliphatic heterocycles. The van der Waals surface area contributed by atoms with E-state index in [2.05, 4.69) is 27.5 Å². The van der Waals surface area contributed by atoms with Crippen LogP contribution in [-0.2, 0) is 0 Å². The van der Waals surface area contributed by atoms with E-state index in [0.29, 0.717) is 11.8 Å². The van der Waals surface area contributed by atoms with Crippen LogP contribution in [-0.4, -0.2) is 29.7 Å². The van der Waals surface area contributed by atoms with Crippen molar-refractivity contribution in [3.05, 3.63) is 6.33 Å². The van der Waals surface area contributed by atoms with Crippen LogP contribution in [0.3, 0.4) is 0 Å². The molecule has 1 aromatic rings. The van der Waals surface area contributed by atoms with Crippen molar-refractivity contribution in [2.75, 3.05) is 24.3 Å². The Morgan fingerprint density at radius 2 is 1.89 bits per heavy atom. The fraction of sp³-hybridized carbons (Fsp3) is 0.714. The zero-order valence-electron chi connectivity index (χ0n) is 12.1. The minimum absolute atomic E-state index is 0.495. The molecule has 19 heavy (non-hydrogen) atoms. The summed E-state index contributed by atoms with van der Waals surface area (Å²) in [6, 6.07) is 0.495. The Kier molecular flexibility index (Phi) is 4.82. The van der Waals surface area contributed by atoms with E-state index in [0.717, 1.165) is 24.1 Å². The highest BCUT2D eigenvalue weighted by molar-refractivity contribution is 5.63. The molecule has 0 unspecified atom stereocenters. The molecule has 0 bridgehead atoms. The summed E-state index contributed by atoms with van der Waals surface area (Å²) in [5.41, 5.74) is 0. The maximum Gasteiger partial charge on any atom is 0.204 e. The second-order valence-electron chi connectivity index (χ2n) is 5.24. The van der Waals surface area contributed by atoms with Gasteiger partial charge in [0.05, 0.1) is 7.11 Å². The molecule has 0 amide bonds. The van der Waals surface area contributed by atoms with Crippen molar-refractivity contribution >= 4 is 11.6 Å². The van der Waals surface area contributed by atoms with E-state index in [1.54, 1.807) is 13.4 Å². The topological polar surface area (TPSA) is 59.1 Å². The third-order valence-electron chi connectivity index (χ3n) is 3.71. The van der Waals surface area contributed by atoms with Gasteiger partial charge < -0.3 is 15.4 Å². The highest BCUT2D eigenvalue weighted by Crippen LogP contribution is 2.32. The molecule has 1 aliphatic rings. The van der Waals surface area contributed by atoms with Gasteiger partial charge >= 0.3 is 0 Å². The van der Waals surface area contributed by atoms with E-state index in [1.807, 2.05) is 6.92 Å². The van der Waals surface area contributed by atoms with Crippen molar-refractivity contribution < 1.29 is 4.74 Å². The van der Waals surface area contributed by atoms with Crippen LogP contribution in [0, 0.1) is 5.92 Å². The minimum Gasteiger partial charge on any atom is -0.490 e. The van der Waals surface area contributed by atoms with E-state index in [9.17, 15) is 0 Å². The lowest BCUT2D eigenvalue weighted by Crippen LogP contribution is -2.26. The highest BCUT2D eigenvalue weighted by atomic mass is 16.5. The molecule has 5 nitrogen and oxygen atoms in total. The monoisotopic (exact) mass is 264 g/mol. The van der Waals surface area contributed by atoms with Gasteiger partial charge in [0, 0.05) is 12.6 Å². The lowest BCUT2D eigenvalue weighted by Gasteiger charge is -2.27. The summed E-state index contributed by atoms with van der Waals surface area (Å²) < 4.78 is 5.44. The maximum absolute atomic E-state index is 5.44. The Bertz CT molecular complexity index is 402. The highest BCUT2D eigenvalue weighted by Gasteiger charge is 2.20. The maximum atomic E-state index is 5.44. The van der Waals surface area contributed by atoms with Crippen LogP contribution in [0.15, 0.2) is 6.33 Å². The number of nitrogens with zero attached hydrogens (tertiary/aromatic N) is 2. The molecule has 0 atom stereocenters. The molecule has 0 saturated heterocycles. The second-order valence-corrected chi connectivity index (χ2v) is 5.24. The SMILES string of the molecule is CCNc1ncnc(NC2CCC(C)CC2)c1OC. The fourth-order valence-corrected chi connectivity index (χ4v) is 2.56. The van der Waals surface area contributed by atoms with Crippen LogP contribution in [0.1, 0.15) is 39.5 Å². The van der Waals surface area contributed by atoms with Crippen LogP contribution in [0.2, 0.25) is 0 Å². The van der Waals surface area contributed by atoms with E-state index in [4.69, 9.17) is 4.74 Å². The van der Waals surface area contributed by atoms with Gasteiger partial charge in [-0.15, -0.1) is 0 Å². The number of anilines is 2. The molecule has 2 rings (SSSR count). The molecular formula is C14H24N4O. The zero-order valence-corrected chi connectivity index (χ0v) is 12.1. The van der Waals surface area contributed by atoms with Gasteiger partial charge in [0.15, 0.2) is 11.6 Å². The van der Waals surface area contributed by atoms with Gasteiger partial charge in [0.2, 0.25) is 5.75 Å². The summed E-state index contributed by atoms with van der Waals surface area (Å²) in [4.78, 5) is 8.54. The zero-order chi connectivity index (χ0) is 13.7. The van der Waals surface area contributed by atoms with E-state index < -0.39 is 0 Å². The molecule has 0 aromatic carbocycles. The van der Waals surface area contributed by atoms with Crippen molar-refractivity contribution in [3.8, 4) is 5.75 Å². The third kappa shape index (κ3) is 3.49. The third-order valence-corrected chi connectivity index (χ3v) is 3.71. The predicted octanol–water partition coefficient (Wildman–Crippen LogP) is 2.91. The fourth-order valence-electron chi connectivity index (χ4n) is 2.56. The smallest absolute Gasteiger partial charge is 0.204 e. The minimum atomic E-state index is 0.495. The van der Waals surface area contributed by atoms with Crippen molar-refractivity contribution in [2.45, 2.75) is 45.6 Å². The summed E-state index contributed by atoms with van der Waals surface area (Å²) in [5.74, 6) is 3.12. The predicted molar refractivity (Wildman–Crippen MR) is 77.8 cm³/mol. The Balaban J connectivity index is 2.08. The molecule has 1 aliphatic carbocycles. The Morgan fingerprint density at radius 1 is 1.21 bits per heavy atom. The molecule has 1 heterocycles. The van der Waals surface area contributed by atoms with Crippen LogP contribution in [0.4, 0.5) is 11.6 Å². The normalized spacial score (nSPS) is 22.9. The van der Waals surface area contributed by atoms with Gasteiger partial charge in [-0.2, -0.15) is 0 Å². The number of nitrogens with one attached hydrogen (secondary N) is 2. The molecule has 5 heteroatoms. The van der Waals surface area contributed by atoms with Gasteiger partial charge in [0.25, 0.3) is 0 Å². The van der Waals surface area contributed by atoms with Gasteiger partial charge in [0.1, 0.15) is 6.33 Å². The summed E-state index contributed by atoms with van der Waals surface area (Å²) in [6.45, 7) is 5.18. The number of ether oxygens (including phenoxy) is 1. The first-order chi connectivity index (χ1) is 9.24. The lowest BCUT2D eigenvalue weighted by molar-refractivity contribution is 0.358. The summed E-state index contributed by atoms with van der Waals surface area (Å²) >= 11 is 0. The number of hydrogen-bond donors (Lipinski definition) is 2.